The maximum Gasteiger partial charge on any atom is 0.326 e. The molecular formula is C14H16ClNO4. The molecule has 0 saturated carbocycles. The van der Waals surface area contributed by atoms with Crippen LogP contribution in [0.3, 0.4) is 0 Å². The van der Waals surface area contributed by atoms with Crippen LogP contribution in [-0.2, 0) is 9.59 Å². The Morgan fingerprint density at radius 1 is 1.30 bits per heavy atom. The highest BCUT2D eigenvalue weighted by Gasteiger charge is 2.31. The number of ether oxygens (including phenoxy) is 1. The third kappa shape index (κ3) is 3.63. The first kappa shape index (κ1) is 14.7. The quantitative estimate of drug-likeness (QED) is 0.925. The summed E-state index contributed by atoms with van der Waals surface area (Å²) in [5, 5.41) is 9.71. The van der Waals surface area contributed by atoms with Crippen molar-refractivity contribution in [3.63, 3.8) is 0 Å². The number of carboxylic acid groups (broad SMARTS) is 1. The van der Waals surface area contributed by atoms with Crippen LogP contribution in [0.1, 0.15) is 19.3 Å². The third-order valence-corrected chi connectivity index (χ3v) is 3.54. The van der Waals surface area contributed by atoms with Gasteiger partial charge in [-0.05, 0) is 43.5 Å². The van der Waals surface area contributed by atoms with E-state index in [1.54, 1.807) is 24.3 Å². The molecule has 1 amide bonds. The number of carboxylic acids is 1. The molecule has 1 aliphatic rings. The first-order valence-electron chi connectivity index (χ1n) is 6.48. The van der Waals surface area contributed by atoms with Crippen molar-refractivity contribution >= 4 is 23.5 Å². The van der Waals surface area contributed by atoms with Crippen LogP contribution in [0, 0.1) is 0 Å². The number of piperidine rings is 1. The van der Waals surface area contributed by atoms with Gasteiger partial charge in [0.15, 0.2) is 6.61 Å². The number of nitrogens with zero attached hydrogens (tertiary/aromatic N) is 1. The Morgan fingerprint density at radius 2 is 2.00 bits per heavy atom. The molecule has 1 N–H and O–H groups in total. The Bertz CT molecular complexity index is 488. The minimum atomic E-state index is -0.954. The summed E-state index contributed by atoms with van der Waals surface area (Å²) in [6.07, 6.45) is 2.16. The van der Waals surface area contributed by atoms with Crippen molar-refractivity contribution in [2.24, 2.45) is 0 Å². The van der Waals surface area contributed by atoms with Gasteiger partial charge in [0.05, 0.1) is 0 Å². The fraction of sp³-hybridized carbons (Fsp3) is 0.429. The number of hydrogen-bond acceptors (Lipinski definition) is 3. The van der Waals surface area contributed by atoms with Crippen molar-refractivity contribution in [2.75, 3.05) is 13.2 Å². The molecular weight excluding hydrogens is 282 g/mol. The zero-order chi connectivity index (χ0) is 14.5. The number of halogens is 1. The van der Waals surface area contributed by atoms with Gasteiger partial charge in [-0.25, -0.2) is 4.79 Å². The number of hydrogen-bond donors (Lipinski definition) is 1. The van der Waals surface area contributed by atoms with E-state index in [1.165, 1.54) is 4.90 Å². The minimum Gasteiger partial charge on any atom is -0.484 e. The molecule has 20 heavy (non-hydrogen) atoms. The van der Waals surface area contributed by atoms with Crippen LogP contribution in [0.25, 0.3) is 0 Å². The number of likely N-dealkylation sites (tertiary alicyclic amines) is 1. The topological polar surface area (TPSA) is 66.8 Å². The number of rotatable bonds is 4. The molecule has 0 bridgehead atoms. The average Bonchev–Trinajstić information content (AvgIpc) is 2.46. The summed E-state index contributed by atoms with van der Waals surface area (Å²) in [6.45, 7) is 0.311. The number of aliphatic carboxylic acids is 1. The fourth-order valence-corrected chi connectivity index (χ4v) is 2.37. The minimum absolute atomic E-state index is 0.161. The summed E-state index contributed by atoms with van der Waals surface area (Å²) >= 11 is 5.75. The SMILES string of the molecule is O=C(O)C1CCCCN1C(=O)COc1ccc(Cl)cc1. The van der Waals surface area contributed by atoms with Gasteiger partial charge in [-0.1, -0.05) is 11.6 Å². The fourth-order valence-electron chi connectivity index (χ4n) is 2.25. The molecule has 108 valence electrons. The summed E-state index contributed by atoms with van der Waals surface area (Å²) in [4.78, 5) is 24.6. The van der Waals surface area contributed by atoms with E-state index < -0.39 is 12.0 Å². The van der Waals surface area contributed by atoms with Crippen molar-refractivity contribution in [1.82, 2.24) is 4.90 Å². The van der Waals surface area contributed by atoms with Crippen LogP contribution in [0.5, 0.6) is 5.75 Å². The summed E-state index contributed by atoms with van der Waals surface area (Å²) in [5.41, 5.74) is 0. The monoisotopic (exact) mass is 297 g/mol. The Morgan fingerprint density at radius 3 is 2.65 bits per heavy atom. The summed E-state index contributed by atoms with van der Waals surface area (Å²) in [5.74, 6) is -0.719. The van der Waals surface area contributed by atoms with E-state index >= 15 is 0 Å². The van der Waals surface area contributed by atoms with Gasteiger partial charge < -0.3 is 14.7 Å². The lowest BCUT2D eigenvalue weighted by Crippen LogP contribution is -2.49. The second-order valence-corrected chi connectivity index (χ2v) is 5.12. The zero-order valence-electron chi connectivity index (χ0n) is 10.9. The second-order valence-electron chi connectivity index (χ2n) is 4.68. The van der Waals surface area contributed by atoms with Crippen LogP contribution in [0.15, 0.2) is 24.3 Å². The largest absolute Gasteiger partial charge is 0.484 e. The lowest BCUT2D eigenvalue weighted by Gasteiger charge is -2.32. The highest BCUT2D eigenvalue weighted by molar-refractivity contribution is 6.30. The van der Waals surface area contributed by atoms with E-state index in [4.69, 9.17) is 21.4 Å². The number of carbonyl (C=O) groups excluding carboxylic acids is 1. The molecule has 1 fully saturated rings. The molecule has 6 heteroatoms. The van der Waals surface area contributed by atoms with Crippen molar-refractivity contribution in [1.29, 1.82) is 0 Å². The van der Waals surface area contributed by atoms with Crippen LogP contribution < -0.4 is 4.74 Å². The summed E-state index contributed by atoms with van der Waals surface area (Å²) in [6, 6.07) is 5.94. The first-order chi connectivity index (χ1) is 9.58. The predicted octanol–water partition coefficient (Wildman–Crippen LogP) is 2.18. The van der Waals surface area contributed by atoms with E-state index in [0.717, 1.165) is 12.8 Å². The van der Waals surface area contributed by atoms with Crippen molar-refractivity contribution < 1.29 is 19.4 Å². The van der Waals surface area contributed by atoms with Crippen LogP contribution in [-0.4, -0.2) is 41.1 Å². The molecule has 0 spiro atoms. The van der Waals surface area contributed by atoms with E-state index in [9.17, 15) is 9.59 Å². The van der Waals surface area contributed by atoms with Gasteiger partial charge >= 0.3 is 5.97 Å². The molecule has 2 rings (SSSR count). The standard InChI is InChI=1S/C14H16ClNO4/c15-10-4-6-11(7-5-10)20-9-13(17)16-8-2-1-3-12(16)14(18)19/h4-7,12H,1-3,8-9H2,(H,18,19). The molecule has 1 atom stereocenters. The molecule has 0 radical (unpaired) electrons. The zero-order valence-corrected chi connectivity index (χ0v) is 11.7. The molecule has 1 heterocycles. The lowest BCUT2D eigenvalue weighted by molar-refractivity contribution is -0.152. The number of amides is 1. The van der Waals surface area contributed by atoms with Crippen molar-refractivity contribution in [2.45, 2.75) is 25.3 Å². The van der Waals surface area contributed by atoms with Gasteiger partial charge in [-0.3, -0.25) is 4.79 Å². The summed E-state index contributed by atoms with van der Waals surface area (Å²) in [7, 11) is 0. The van der Waals surface area contributed by atoms with Crippen molar-refractivity contribution in [3.8, 4) is 5.75 Å². The number of carbonyl (C=O) groups is 2. The van der Waals surface area contributed by atoms with Gasteiger partial charge in [0.25, 0.3) is 5.91 Å². The van der Waals surface area contributed by atoms with Gasteiger partial charge in [0, 0.05) is 11.6 Å². The third-order valence-electron chi connectivity index (χ3n) is 3.28. The second kappa shape index (κ2) is 6.61. The molecule has 0 aliphatic carbocycles. The van der Waals surface area contributed by atoms with Crippen LogP contribution >= 0.6 is 11.6 Å². The van der Waals surface area contributed by atoms with E-state index in [0.29, 0.717) is 23.7 Å². The molecule has 1 aliphatic heterocycles. The Hall–Kier alpha value is -1.75. The first-order valence-corrected chi connectivity index (χ1v) is 6.86. The molecule has 5 nitrogen and oxygen atoms in total. The maximum absolute atomic E-state index is 12.1. The molecule has 1 aromatic carbocycles. The van der Waals surface area contributed by atoms with Gasteiger partial charge in [0.2, 0.25) is 0 Å². The average molecular weight is 298 g/mol. The Kier molecular flexibility index (Phi) is 4.84. The van der Waals surface area contributed by atoms with Crippen LogP contribution in [0.2, 0.25) is 5.02 Å². The predicted molar refractivity (Wildman–Crippen MR) is 73.9 cm³/mol. The van der Waals surface area contributed by atoms with Crippen molar-refractivity contribution in [3.05, 3.63) is 29.3 Å². The Labute approximate surface area is 122 Å². The highest BCUT2D eigenvalue weighted by atomic mass is 35.5. The van der Waals surface area contributed by atoms with Gasteiger partial charge in [-0.2, -0.15) is 0 Å². The summed E-state index contributed by atoms with van der Waals surface area (Å²) < 4.78 is 5.36. The molecule has 0 aromatic heterocycles. The number of benzene rings is 1. The Balaban J connectivity index is 1.93. The maximum atomic E-state index is 12.1. The normalized spacial score (nSPS) is 18.6. The molecule has 1 unspecified atom stereocenters. The van der Waals surface area contributed by atoms with E-state index in [-0.39, 0.29) is 12.5 Å². The lowest BCUT2D eigenvalue weighted by atomic mass is 10.0. The van der Waals surface area contributed by atoms with Gasteiger partial charge in [0.1, 0.15) is 11.8 Å². The highest BCUT2D eigenvalue weighted by Crippen LogP contribution is 2.19. The van der Waals surface area contributed by atoms with E-state index in [1.807, 2.05) is 0 Å². The van der Waals surface area contributed by atoms with E-state index in [2.05, 4.69) is 0 Å². The van der Waals surface area contributed by atoms with Gasteiger partial charge in [-0.15, -0.1) is 0 Å². The molecule has 1 aromatic rings. The smallest absolute Gasteiger partial charge is 0.326 e. The van der Waals surface area contributed by atoms with Crippen LogP contribution in [0.4, 0.5) is 0 Å². The molecule has 1 saturated heterocycles.